The number of H-pyrrole nitrogens is 1. The number of hydrogen-bond acceptors (Lipinski definition) is 3. The number of Topliss-reactive ketones (excluding diaryl/α,β-unsaturated/α-hetero) is 1. The van der Waals surface area contributed by atoms with E-state index >= 15 is 0 Å². The largest absolute Gasteiger partial charge is 0.359 e. The van der Waals surface area contributed by atoms with Gasteiger partial charge in [0.05, 0.1) is 5.69 Å². The molecule has 0 radical (unpaired) electrons. The number of nitrogens with one attached hydrogen (secondary N) is 2. The minimum atomic E-state index is 0.222. The van der Waals surface area contributed by atoms with E-state index < -0.39 is 0 Å². The molecule has 1 aliphatic heterocycles. The topological polar surface area (TPSA) is 48.1 Å². The van der Waals surface area contributed by atoms with Crippen molar-refractivity contribution in [2.24, 2.45) is 0 Å². The maximum atomic E-state index is 11.7. The molecule has 1 aromatic heterocycles. The van der Waals surface area contributed by atoms with Crippen LogP contribution in [0.2, 0.25) is 0 Å². The second-order valence-electron chi connectivity index (χ2n) is 4.20. The number of carbonyl (C=O) groups is 1. The van der Waals surface area contributed by atoms with Crippen molar-refractivity contribution in [1.82, 2.24) is 15.2 Å². The molecule has 88 valence electrons. The van der Waals surface area contributed by atoms with Gasteiger partial charge in [-0.2, -0.15) is 0 Å². The third kappa shape index (κ3) is 3.18. The Balaban J connectivity index is 1.66. The van der Waals surface area contributed by atoms with Crippen LogP contribution in [0.25, 0.3) is 0 Å². The number of rotatable bonds is 5. The van der Waals surface area contributed by atoms with Gasteiger partial charge in [0.15, 0.2) is 5.78 Å². The van der Waals surface area contributed by atoms with Gasteiger partial charge in [0.1, 0.15) is 0 Å². The minimum absolute atomic E-state index is 0.222. The predicted octanol–water partition coefficient (Wildman–Crippen LogP) is 0.883. The highest BCUT2D eigenvalue weighted by molar-refractivity contribution is 5.94. The van der Waals surface area contributed by atoms with Crippen molar-refractivity contribution < 1.29 is 4.79 Å². The van der Waals surface area contributed by atoms with Crippen LogP contribution in [0.3, 0.4) is 0 Å². The molecule has 0 amide bonds. The first kappa shape index (κ1) is 11.4. The summed E-state index contributed by atoms with van der Waals surface area (Å²) in [6.07, 6.45) is 3.39. The first-order chi connectivity index (χ1) is 7.86. The summed E-state index contributed by atoms with van der Waals surface area (Å²) >= 11 is 0. The lowest BCUT2D eigenvalue weighted by Gasteiger charge is -2.26. The Morgan fingerprint density at radius 1 is 1.38 bits per heavy atom. The van der Waals surface area contributed by atoms with Crippen molar-refractivity contribution in [3.8, 4) is 0 Å². The maximum Gasteiger partial charge on any atom is 0.179 e. The van der Waals surface area contributed by atoms with Gasteiger partial charge in [0.2, 0.25) is 0 Å². The fraction of sp³-hybridized carbons (Fsp3) is 0.583. The van der Waals surface area contributed by atoms with Crippen LogP contribution in [-0.2, 0) is 0 Å². The second-order valence-corrected chi connectivity index (χ2v) is 4.20. The van der Waals surface area contributed by atoms with Crippen LogP contribution in [0.4, 0.5) is 0 Å². The Kier molecular flexibility index (Phi) is 4.13. The molecule has 0 bridgehead atoms. The van der Waals surface area contributed by atoms with Gasteiger partial charge in [-0.25, -0.2) is 0 Å². The third-order valence-electron chi connectivity index (χ3n) is 2.99. The Morgan fingerprint density at radius 2 is 2.19 bits per heavy atom. The lowest BCUT2D eigenvalue weighted by atomic mass is 10.1. The van der Waals surface area contributed by atoms with Crippen LogP contribution >= 0.6 is 0 Å². The van der Waals surface area contributed by atoms with E-state index in [2.05, 4.69) is 15.2 Å². The molecule has 4 heteroatoms. The lowest BCUT2D eigenvalue weighted by Crippen LogP contribution is -2.43. The summed E-state index contributed by atoms with van der Waals surface area (Å²) in [6.45, 7) is 5.40. The van der Waals surface area contributed by atoms with Crippen molar-refractivity contribution in [3.05, 3.63) is 24.0 Å². The highest BCUT2D eigenvalue weighted by Crippen LogP contribution is 2.04. The number of hydrogen-bond donors (Lipinski definition) is 2. The summed E-state index contributed by atoms with van der Waals surface area (Å²) in [5.41, 5.74) is 0.736. The third-order valence-corrected chi connectivity index (χ3v) is 2.99. The smallest absolute Gasteiger partial charge is 0.179 e. The average Bonchev–Trinajstić information content (AvgIpc) is 2.84. The summed E-state index contributed by atoms with van der Waals surface area (Å²) in [5.74, 6) is 0.222. The number of nitrogens with zero attached hydrogens (tertiary/aromatic N) is 1. The highest BCUT2D eigenvalue weighted by Gasteiger charge is 2.10. The quantitative estimate of drug-likeness (QED) is 0.726. The number of ketones is 1. The van der Waals surface area contributed by atoms with Crippen LogP contribution in [0, 0.1) is 0 Å². The fourth-order valence-electron chi connectivity index (χ4n) is 2.04. The van der Waals surface area contributed by atoms with E-state index in [-0.39, 0.29) is 5.78 Å². The Hall–Kier alpha value is -1.13. The Bertz CT molecular complexity index is 315. The Labute approximate surface area is 96.0 Å². The first-order valence-electron chi connectivity index (χ1n) is 5.96. The molecule has 2 heterocycles. The van der Waals surface area contributed by atoms with Gasteiger partial charge in [0.25, 0.3) is 0 Å². The molecule has 0 aliphatic carbocycles. The van der Waals surface area contributed by atoms with Gasteiger partial charge in [-0.3, -0.25) is 4.79 Å². The van der Waals surface area contributed by atoms with E-state index in [4.69, 9.17) is 0 Å². The van der Waals surface area contributed by atoms with Gasteiger partial charge < -0.3 is 15.2 Å². The lowest BCUT2D eigenvalue weighted by molar-refractivity contribution is 0.0969. The summed E-state index contributed by atoms with van der Waals surface area (Å²) < 4.78 is 0. The molecule has 2 rings (SSSR count). The van der Waals surface area contributed by atoms with Crippen LogP contribution in [0.1, 0.15) is 23.3 Å². The molecule has 0 saturated carbocycles. The molecule has 0 unspecified atom stereocenters. The summed E-state index contributed by atoms with van der Waals surface area (Å²) in [6, 6.07) is 3.71. The summed E-state index contributed by atoms with van der Waals surface area (Å²) in [4.78, 5) is 17.1. The van der Waals surface area contributed by atoms with Gasteiger partial charge in [-0.1, -0.05) is 0 Å². The van der Waals surface area contributed by atoms with E-state index in [1.807, 2.05) is 12.1 Å². The molecule has 0 aromatic carbocycles. The van der Waals surface area contributed by atoms with Gasteiger partial charge in [-0.15, -0.1) is 0 Å². The number of aromatic amines is 1. The van der Waals surface area contributed by atoms with E-state index in [1.54, 1.807) is 6.20 Å². The molecule has 16 heavy (non-hydrogen) atoms. The zero-order chi connectivity index (χ0) is 11.2. The molecular formula is C12H19N3O. The van der Waals surface area contributed by atoms with Crippen molar-refractivity contribution in [1.29, 1.82) is 0 Å². The first-order valence-corrected chi connectivity index (χ1v) is 5.96. The van der Waals surface area contributed by atoms with E-state index in [1.165, 1.54) is 0 Å². The number of piperazine rings is 1. The molecule has 1 aliphatic rings. The molecule has 0 atom stereocenters. The van der Waals surface area contributed by atoms with E-state index in [9.17, 15) is 4.79 Å². The molecule has 1 aromatic rings. The average molecular weight is 221 g/mol. The number of aromatic nitrogens is 1. The maximum absolute atomic E-state index is 11.7. The summed E-state index contributed by atoms with van der Waals surface area (Å²) in [7, 11) is 0. The standard InChI is InChI=1S/C12H19N3O/c16-12(11-3-1-5-14-11)4-2-8-15-9-6-13-7-10-15/h1,3,5,13-14H,2,4,6-10H2. The van der Waals surface area contributed by atoms with Gasteiger partial charge in [0, 0.05) is 38.8 Å². The monoisotopic (exact) mass is 221 g/mol. The molecule has 1 saturated heterocycles. The zero-order valence-electron chi connectivity index (χ0n) is 9.54. The second kappa shape index (κ2) is 5.82. The van der Waals surface area contributed by atoms with Crippen LogP contribution in [-0.4, -0.2) is 48.4 Å². The van der Waals surface area contributed by atoms with Crippen molar-refractivity contribution in [2.45, 2.75) is 12.8 Å². The van der Waals surface area contributed by atoms with Crippen molar-refractivity contribution in [2.75, 3.05) is 32.7 Å². The molecule has 0 spiro atoms. The predicted molar refractivity (Wildman–Crippen MR) is 63.7 cm³/mol. The van der Waals surface area contributed by atoms with Crippen LogP contribution < -0.4 is 5.32 Å². The van der Waals surface area contributed by atoms with E-state index in [0.29, 0.717) is 6.42 Å². The Morgan fingerprint density at radius 3 is 2.88 bits per heavy atom. The number of carbonyl (C=O) groups excluding carboxylic acids is 1. The normalized spacial score (nSPS) is 17.5. The summed E-state index contributed by atoms with van der Waals surface area (Å²) in [5, 5.41) is 3.32. The van der Waals surface area contributed by atoms with Crippen molar-refractivity contribution >= 4 is 5.78 Å². The molecule has 1 fully saturated rings. The zero-order valence-corrected chi connectivity index (χ0v) is 9.54. The molecule has 2 N–H and O–H groups in total. The highest BCUT2D eigenvalue weighted by atomic mass is 16.1. The SMILES string of the molecule is O=C(CCCN1CCNCC1)c1ccc[nH]1. The minimum Gasteiger partial charge on any atom is -0.359 e. The van der Waals surface area contributed by atoms with Crippen molar-refractivity contribution in [3.63, 3.8) is 0 Å². The van der Waals surface area contributed by atoms with Crippen LogP contribution in [0.15, 0.2) is 18.3 Å². The molecule has 4 nitrogen and oxygen atoms in total. The van der Waals surface area contributed by atoms with Gasteiger partial charge in [-0.05, 0) is 25.1 Å². The van der Waals surface area contributed by atoms with Crippen LogP contribution in [0.5, 0.6) is 0 Å². The molecular weight excluding hydrogens is 202 g/mol. The van der Waals surface area contributed by atoms with E-state index in [0.717, 1.165) is 44.8 Å². The van der Waals surface area contributed by atoms with Gasteiger partial charge >= 0.3 is 0 Å². The fourth-order valence-corrected chi connectivity index (χ4v) is 2.04.